The second kappa shape index (κ2) is 7.27. The standard InChI is InChI=1S/C9H9Cl2N3O4S/c1-2-18-14-5(9(16)17)4-8(19-3-12-4)13-7(15)6(10)11/h3,6H,2H2,1H3,(H,13,15)(H,16,17). The lowest BCUT2D eigenvalue weighted by Crippen LogP contribution is -2.22. The van der Waals surface area contributed by atoms with Crippen molar-refractivity contribution in [1.29, 1.82) is 0 Å². The summed E-state index contributed by atoms with van der Waals surface area (Å²) >= 11 is 11.8. The number of alkyl halides is 2. The number of carboxylic acid groups (broad SMARTS) is 1. The Kier molecular flexibility index (Phi) is 6.00. The van der Waals surface area contributed by atoms with Crippen LogP contribution < -0.4 is 5.32 Å². The highest BCUT2D eigenvalue weighted by Crippen LogP contribution is 2.22. The van der Waals surface area contributed by atoms with Gasteiger partial charge in [-0.2, -0.15) is 0 Å². The molecule has 10 heteroatoms. The van der Waals surface area contributed by atoms with E-state index in [2.05, 4.69) is 15.5 Å². The van der Waals surface area contributed by atoms with Crippen LogP contribution in [-0.2, 0) is 14.4 Å². The summed E-state index contributed by atoms with van der Waals surface area (Å²) in [5.41, 5.74) is 0.916. The van der Waals surface area contributed by atoms with Gasteiger partial charge in [0.15, 0.2) is 4.84 Å². The van der Waals surface area contributed by atoms with Gasteiger partial charge >= 0.3 is 5.97 Å². The Hall–Kier alpha value is -1.38. The second-order valence-corrected chi connectivity index (χ2v) is 4.93. The molecule has 0 unspecified atom stereocenters. The molecule has 0 aliphatic heterocycles. The molecular weight excluding hydrogens is 317 g/mol. The quantitative estimate of drug-likeness (QED) is 0.471. The first-order valence-electron chi connectivity index (χ1n) is 4.93. The molecule has 0 aromatic carbocycles. The number of nitrogens with one attached hydrogen (secondary N) is 1. The molecule has 0 bridgehead atoms. The zero-order chi connectivity index (χ0) is 14.4. The average molecular weight is 326 g/mol. The lowest BCUT2D eigenvalue weighted by molar-refractivity contribution is -0.129. The van der Waals surface area contributed by atoms with Crippen LogP contribution in [0.1, 0.15) is 12.6 Å². The molecule has 0 atom stereocenters. The van der Waals surface area contributed by atoms with Gasteiger partial charge < -0.3 is 15.3 Å². The van der Waals surface area contributed by atoms with Gasteiger partial charge in [-0.25, -0.2) is 9.78 Å². The molecule has 0 saturated heterocycles. The van der Waals surface area contributed by atoms with Crippen molar-refractivity contribution in [2.24, 2.45) is 5.16 Å². The number of amides is 1. The monoisotopic (exact) mass is 325 g/mol. The Balaban J connectivity index is 3.03. The van der Waals surface area contributed by atoms with Crippen LogP contribution in [-0.4, -0.2) is 39.1 Å². The number of aromatic nitrogens is 1. The van der Waals surface area contributed by atoms with Gasteiger partial charge in [0.25, 0.3) is 5.91 Å². The minimum atomic E-state index is -1.33. The van der Waals surface area contributed by atoms with Crippen molar-refractivity contribution in [3.63, 3.8) is 0 Å². The lowest BCUT2D eigenvalue weighted by atomic mass is 10.3. The van der Waals surface area contributed by atoms with Gasteiger partial charge in [-0.1, -0.05) is 28.4 Å². The van der Waals surface area contributed by atoms with Gasteiger partial charge in [-0.15, -0.1) is 11.3 Å². The normalized spacial score (nSPS) is 11.5. The largest absolute Gasteiger partial charge is 0.476 e. The van der Waals surface area contributed by atoms with Crippen molar-refractivity contribution in [2.45, 2.75) is 11.8 Å². The molecular formula is C9H9Cl2N3O4S. The maximum absolute atomic E-state index is 11.4. The average Bonchev–Trinajstić information content (AvgIpc) is 2.77. The van der Waals surface area contributed by atoms with Gasteiger partial charge in [-0.3, -0.25) is 4.79 Å². The number of hydrogen-bond donors (Lipinski definition) is 2. The number of rotatable bonds is 6. The Bertz CT molecular complexity index is 503. The minimum Gasteiger partial charge on any atom is -0.476 e. The molecule has 1 aromatic rings. The van der Waals surface area contributed by atoms with E-state index in [1.54, 1.807) is 6.92 Å². The predicted octanol–water partition coefficient (Wildman–Crippen LogP) is 1.71. The Morgan fingerprint density at radius 2 is 2.32 bits per heavy atom. The first-order chi connectivity index (χ1) is 8.97. The first kappa shape index (κ1) is 15.7. The maximum Gasteiger partial charge on any atom is 0.360 e. The molecule has 19 heavy (non-hydrogen) atoms. The molecule has 7 nitrogen and oxygen atoms in total. The van der Waals surface area contributed by atoms with E-state index in [4.69, 9.17) is 33.1 Å². The number of halogens is 2. The van der Waals surface area contributed by atoms with Gasteiger partial charge in [0.2, 0.25) is 5.71 Å². The third kappa shape index (κ3) is 4.34. The van der Waals surface area contributed by atoms with Crippen molar-refractivity contribution < 1.29 is 19.5 Å². The third-order valence-electron chi connectivity index (χ3n) is 1.71. The molecule has 1 heterocycles. The number of carbonyl (C=O) groups is 2. The summed E-state index contributed by atoms with van der Waals surface area (Å²) in [6, 6.07) is 0. The number of oxime groups is 1. The molecule has 2 N–H and O–H groups in total. The number of thiazole rings is 1. The van der Waals surface area contributed by atoms with Crippen LogP contribution >= 0.6 is 34.5 Å². The maximum atomic E-state index is 11.4. The number of nitrogens with zero attached hydrogens (tertiary/aromatic N) is 2. The summed E-state index contributed by atoms with van der Waals surface area (Å²) in [6.45, 7) is 1.85. The summed E-state index contributed by atoms with van der Waals surface area (Å²) in [5, 5.41) is 15.0. The summed E-state index contributed by atoms with van der Waals surface area (Å²) in [4.78, 5) is 29.7. The predicted molar refractivity (Wildman–Crippen MR) is 72.0 cm³/mol. The van der Waals surface area contributed by atoms with Crippen LogP contribution in [0.15, 0.2) is 10.7 Å². The lowest BCUT2D eigenvalue weighted by Gasteiger charge is -2.05. The molecule has 0 aliphatic carbocycles. The highest BCUT2D eigenvalue weighted by atomic mass is 35.5. The molecule has 1 amide bonds. The summed E-state index contributed by atoms with van der Waals surface area (Å²) in [5.74, 6) is -2.02. The van der Waals surface area contributed by atoms with Crippen LogP contribution in [0.5, 0.6) is 0 Å². The van der Waals surface area contributed by atoms with Gasteiger partial charge in [-0.05, 0) is 6.92 Å². The molecule has 1 aromatic heterocycles. The molecule has 104 valence electrons. The van der Waals surface area contributed by atoms with Crippen molar-refractivity contribution in [2.75, 3.05) is 11.9 Å². The van der Waals surface area contributed by atoms with Crippen LogP contribution in [0, 0.1) is 0 Å². The summed E-state index contributed by atoms with van der Waals surface area (Å²) in [6.07, 6.45) is 0. The topological polar surface area (TPSA) is 101 Å². The fraction of sp³-hybridized carbons (Fsp3) is 0.333. The first-order valence-corrected chi connectivity index (χ1v) is 6.68. The second-order valence-electron chi connectivity index (χ2n) is 2.98. The van der Waals surface area contributed by atoms with Crippen molar-refractivity contribution >= 4 is 57.1 Å². The van der Waals surface area contributed by atoms with Gasteiger partial charge in [0, 0.05) is 0 Å². The number of anilines is 1. The van der Waals surface area contributed by atoms with E-state index in [9.17, 15) is 9.59 Å². The Morgan fingerprint density at radius 3 is 2.84 bits per heavy atom. The third-order valence-corrected chi connectivity index (χ3v) is 2.85. The smallest absolute Gasteiger partial charge is 0.360 e. The number of carboxylic acids is 1. The highest BCUT2D eigenvalue weighted by molar-refractivity contribution is 7.14. The molecule has 1 rings (SSSR count). The van der Waals surface area contributed by atoms with Crippen LogP contribution in [0.2, 0.25) is 0 Å². The van der Waals surface area contributed by atoms with E-state index >= 15 is 0 Å². The number of hydrogen-bond acceptors (Lipinski definition) is 6. The molecule has 0 spiro atoms. The fourth-order valence-electron chi connectivity index (χ4n) is 0.983. The van der Waals surface area contributed by atoms with Crippen LogP contribution in [0.25, 0.3) is 0 Å². The summed E-state index contributed by atoms with van der Waals surface area (Å²) in [7, 11) is 0. The van der Waals surface area contributed by atoms with E-state index in [-0.39, 0.29) is 17.3 Å². The van der Waals surface area contributed by atoms with Crippen molar-refractivity contribution in [3.8, 4) is 0 Å². The zero-order valence-corrected chi connectivity index (χ0v) is 11.9. The minimum absolute atomic E-state index is 0.0201. The number of aliphatic carboxylic acids is 1. The SMILES string of the molecule is CCON=C(C(=O)O)c1ncsc1NC(=O)C(Cl)Cl. The van der Waals surface area contributed by atoms with E-state index in [1.165, 1.54) is 5.51 Å². The van der Waals surface area contributed by atoms with Gasteiger partial charge in [0.05, 0.1) is 5.51 Å². The molecule has 0 radical (unpaired) electrons. The van der Waals surface area contributed by atoms with Crippen molar-refractivity contribution in [1.82, 2.24) is 4.98 Å². The van der Waals surface area contributed by atoms with Gasteiger partial charge in [0.1, 0.15) is 17.3 Å². The van der Waals surface area contributed by atoms with E-state index in [0.29, 0.717) is 0 Å². The fourth-order valence-corrected chi connectivity index (χ4v) is 1.78. The van der Waals surface area contributed by atoms with Crippen molar-refractivity contribution in [3.05, 3.63) is 11.2 Å². The Labute approximate surface area is 122 Å². The van der Waals surface area contributed by atoms with E-state index < -0.39 is 22.4 Å². The van der Waals surface area contributed by atoms with E-state index in [0.717, 1.165) is 11.3 Å². The Morgan fingerprint density at radius 1 is 1.63 bits per heavy atom. The highest BCUT2D eigenvalue weighted by Gasteiger charge is 2.23. The van der Waals surface area contributed by atoms with Crippen LogP contribution in [0.3, 0.4) is 0 Å². The molecule has 0 fully saturated rings. The summed E-state index contributed by atoms with van der Waals surface area (Å²) < 4.78 is 0. The molecule has 0 saturated carbocycles. The van der Waals surface area contributed by atoms with Crippen LogP contribution in [0.4, 0.5) is 5.00 Å². The van der Waals surface area contributed by atoms with E-state index in [1.807, 2.05) is 0 Å². The number of carbonyl (C=O) groups excluding carboxylic acids is 1. The zero-order valence-electron chi connectivity index (χ0n) is 9.59. The molecule has 0 aliphatic rings.